The van der Waals surface area contributed by atoms with Gasteiger partial charge in [-0.1, -0.05) is 5.21 Å². The number of hydrogen-bond acceptors (Lipinski definition) is 6. The number of cyclic esters (lactones) is 1. The first-order valence-corrected chi connectivity index (χ1v) is 7.38. The van der Waals surface area contributed by atoms with E-state index in [9.17, 15) is 18.8 Å². The summed E-state index contributed by atoms with van der Waals surface area (Å²) in [4.78, 5) is 34.8. The highest BCUT2D eigenvalue weighted by Crippen LogP contribution is 2.25. The van der Waals surface area contributed by atoms with Gasteiger partial charge < -0.3 is 10.1 Å². The molecule has 1 N–H and O–H groups in total. The van der Waals surface area contributed by atoms with Gasteiger partial charge in [0.2, 0.25) is 5.91 Å². The first kappa shape index (κ1) is 16.6. The predicted molar refractivity (Wildman–Crippen MR) is 83.0 cm³/mol. The number of hydrogen-bond donors (Lipinski definition) is 1. The van der Waals surface area contributed by atoms with E-state index in [-0.39, 0.29) is 30.4 Å². The molecular formula is C15H14FN5O4. The third-order valence-corrected chi connectivity index (χ3v) is 3.57. The molecule has 2 amide bonds. The van der Waals surface area contributed by atoms with Crippen molar-refractivity contribution in [2.45, 2.75) is 13.0 Å². The number of carbonyl (C=O) groups is 3. The van der Waals surface area contributed by atoms with E-state index in [1.807, 2.05) is 0 Å². The Kier molecular flexibility index (Phi) is 4.42. The van der Waals surface area contributed by atoms with E-state index in [4.69, 9.17) is 4.74 Å². The molecule has 2 aromatic rings. The fourth-order valence-electron chi connectivity index (χ4n) is 2.39. The van der Waals surface area contributed by atoms with Crippen LogP contribution in [0.25, 0.3) is 5.69 Å². The van der Waals surface area contributed by atoms with Crippen LogP contribution >= 0.6 is 0 Å². The van der Waals surface area contributed by atoms with Crippen LogP contribution in [-0.4, -0.2) is 52.5 Å². The Labute approximate surface area is 141 Å². The number of aldehydes is 1. The van der Waals surface area contributed by atoms with Crippen LogP contribution in [0, 0.1) is 5.82 Å². The van der Waals surface area contributed by atoms with E-state index in [1.165, 1.54) is 36.2 Å². The second kappa shape index (κ2) is 6.67. The van der Waals surface area contributed by atoms with Gasteiger partial charge in [-0.05, 0) is 18.2 Å². The Morgan fingerprint density at radius 2 is 2.32 bits per heavy atom. The van der Waals surface area contributed by atoms with Gasteiger partial charge in [-0.15, -0.1) is 5.10 Å². The van der Waals surface area contributed by atoms with E-state index < -0.39 is 18.0 Å². The molecule has 2 heterocycles. The summed E-state index contributed by atoms with van der Waals surface area (Å²) in [7, 11) is 0. The van der Waals surface area contributed by atoms with Gasteiger partial charge in [0, 0.05) is 6.92 Å². The molecule has 1 aliphatic rings. The molecular weight excluding hydrogens is 333 g/mol. The zero-order valence-corrected chi connectivity index (χ0v) is 13.2. The molecule has 0 bridgehead atoms. The third kappa shape index (κ3) is 3.47. The molecule has 25 heavy (non-hydrogen) atoms. The molecule has 1 unspecified atom stereocenters. The van der Waals surface area contributed by atoms with Crippen LogP contribution in [0.2, 0.25) is 0 Å². The highest BCUT2D eigenvalue weighted by atomic mass is 19.1. The number of nitrogens with zero attached hydrogens (tertiary/aromatic N) is 4. The largest absolute Gasteiger partial charge is 0.442 e. The van der Waals surface area contributed by atoms with Crippen molar-refractivity contribution in [1.29, 1.82) is 0 Å². The fourth-order valence-corrected chi connectivity index (χ4v) is 2.39. The van der Waals surface area contributed by atoms with Gasteiger partial charge >= 0.3 is 6.09 Å². The van der Waals surface area contributed by atoms with E-state index in [0.717, 1.165) is 4.68 Å². The van der Waals surface area contributed by atoms with Gasteiger partial charge in [-0.2, -0.15) is 0 Å². The van der Waals surface area contributed by atoms with Crippen molar-refractivity contribution in [1.82, 2.24) is 20.3 Å². The van der Waals surface area contributed by atoms with Crippen molar-refractivity contribution in [2.24, 2.45) is 0 Å². The Morgan fingerprint density at radius 3 is 2.96 bits per heavy atom. The van der Waals surface area contributed by atoms with Crippen LogP contribution in [0.1, 0.15) is 17.4 Å². The monoisotopic (exact) mass is 347 g/mol. The van der Waals surface area contributed by atoms with Crippen molar-refractivity contribution < 1.29 is 23.5 Å². The van der Waals surface area contributed by atoms with Crippen molar-refractivity contribution in [3.63, 3.8) is 0 Å². The fraction of sp³-hybridized carbons (Fsp3) is 0.267. The summed E-state index contributed by atoms with van der Waals surface area (Å²) in [6.07, 6.45) is 0.667. The number of carbonyl (C=O) groups excluding carboxylic acids is 3. The second-order valence-corrected chi connectivity index (χ2v) is 5.40. The molecule has 0 spiro atoms. The highest BCUT2D eigenvalue weighted by Gasteiger charge is 2.32. The van der Waals surface area contributed by atoms with Gasteiger partial charge in [-0.3, -0.25) is 14.5 Å². The average Bonchev–Trinajstić information content (AvgIpc) is 3.19. The quantitative estimate of drug-likeness (QED) is 0.797. The molecule has 130 valence electrons. The standard InChI is InChI=1S/C15H14FN5O4/c1-9(23)17-5-12-7-20(15(24)25-12)11-2-3-14(13(16)4-11)21-6-10(8-22)18-19-21/h2-4,6,8,12H,5,7H2,1H3,(H,17,23). The molecule has 1 aromatic carbocycles. The van der Waals surface area contributed by atoms with Crippen LogP contribution in [0.5, 0.6) is 0 Å². The maximum Gasteiger partial charge on any atom is 0.414 e. The maximum absolute atomic E-state index is 14.4. The molecule has 3 rings (SSSR count). The first-order valence-electron chi connectivity index (χ1n) is 7.38. The summed E-state index contributed by atoms with van der Waals surface area (Å²) >= 11 is 0. The van der Waals surface area contributed by atoms with Gasteiger partial charge in [0.1, 0.15) is 17.5 Å². The van der Waals surface area contributed by atoms with Crippen molar-refractivity contribution in [3.8, 4) is 5.69 Å². The number of rotatable bonds is 5. The first-order chi connectivity index (χ1) is 12.0. The molecule has 1 saturated heterocycles. The maximum atomic E-state index is 14.4. The number of anilines is 1. The van der Waals surface area contributed by atoms with Crippen LogP contribution in [-0.2, 0) is 9.53 Å². The molecule has 9 nitrogen and oxygen atoms in total. The highest BCUT2D eigenvalue weighted by molar-refractivity contribution is 5.90. The summed E-state index contributed by atoms with van der Waals surface area (Å²) in [5.74, 6) is -0.870. The van der Waals surface area contributed by atoms with Crippen molar-refractivity contribution in [3.05, 3.63) is 35.9 Å². The van der Waals surface area contributed by atoms with Gasteiger partial charge in [-0.25, -0.2) is 13.9 Å². The SMILES string of the molecule is CC(=O)NCC1CN(c2ccc(-n3cc(C=O)nn3)c(F)c2)C(=O)O1. The van der Waals surface area contributed by atoms with E-state index in [2.05, 4.69) is 15.6 Å². The lowest BCUT2D eigenvalue weighted by molar-refractivity contribution is -0.119. The smallest absolute Gasteiger partial charge is 0.414 e. The van der Waals surface area contributed by atoms with E-state index in [1.54, 1.807) is 0 Å². The Hall–Kier alpha value is -3.30. The lowest BCUT2D eigenvalue weighted by Gasteiger charge is -2.14. The number of nitrogens with one attached hydrogen (secondary N) is 1. The molecule has 1 atom stereocenters. The number of aromatic nitrogens is 3. The Morgan fingerprint density at radius 1 is 1.52 bits per heavy atom. The van der Waals surface area contributed by atoms with E-state index in [0.29, 0.717) is 12.0 Å². The molecule has 0 radical (unpaired) electrons. The normalized spacial score (nSPS) is 16.6. The van der Waals surface area contributed by atoms with Gasteiger partial charge in [0.05, 0.1) is 25.0 Å². The number of benzene rings is 1. The van der Waals surface area contributed by atoms with E-state index >= 15 is 0 Å². The van der Waals surface area contributed by atoms with Crippen LogP contribution in [0.4, 0.5) is 14.9 Å². The summed E-state index contributed by atoms with van der Waals surface area (Å²) in [6.45, 7) is 1.74. The Balaban J connectivity index is 1.77. The minimum Gasteiger partial charge on any atom is -0.442 e. The topological polar surface area (TPSA) is 106 Å². The van der Waals surface area contributed by atoms with Crippen LogP contribution in [0.3, 0.4) is 0 Å². The van der Waals surface area contributed by atoms with Crippen LogP contribution < -0.4 is 10.2 Å². The molecule has 1 fully saturated rings. The van der Waals surface area contributed by atoms with Crippen molar-refractivity contribution in [2.75, 3.05) is 18.0 Å². The zero-order chi connectivity index (χ0) is 18.0. The Bertz CT molecular complexity index is 837. The third-order valence-electron chi connectivity index (χ3n) is 3.57. The lowest BCUT2D eigenvalue weighted by Crippen LogP contribution is -2.33. The zero-order valence-electron chi connectivity index (χ0n) is 13.2. The number of halogens is 1. The number of amides is 2. The minimum absolute atomic E-state index is 0.0763. The average molecular weight is 347 g/mol. The van der Waals surface area contributed by atoms with Gasteiger partial charge in [0.25, 0.3) is 0 Å². The molecule has 0 aliphatic carbocycles. The van der Waals surface area contributed by atoms with Gasteiger partial charge in [0.15, 0.2) is 12.1 Å². The molecule has 10 heteroatoms. The summed E-state index contributed by atoms with van der Waals surface area (Å²) in [6, 6.07) is 4.12. The number of ether oxygens (including phenoxy) is 1. The second-order valence-electron chi connectivity index (χ2n) is 5.40. The minimum atomic E-state index is -0.641. The molecule has 1 aromatic heterocycles. The lowest BCUT2D eigenvalue weighted by atomic mass is 10.2. The molecule has 0 saturated carbocycles. The predicted octanol–water partition coefficient (Wildman–Crippen LogP) is 0.680. The van der Waals surface area contributed by atoms with Crippen LogP contribution in [0.15, 0.2) is 24.4 Å². The summed E-state index contributed by atoms with van der Waals surface area (Å²) < 4.78 is 20.6. The van der Waals surface area contributed by atoms with Crippen molar-refractivity contribution >= 4 is 24.0 Å². The summed E-state index contributed by atoms with van der Waals surface area (Å²) in [5, 5.41) is 9.80. The summed E-state index contributed by atoms with van der Waals surface area (Å²) in [5.41, 5.74) is 0.478. The molecule has 1 aliphatic heterocycles.